The van der Waals surface area contributed by atoms with E-state index >= 15 is 0 Å². The van der Waals surface area contributed by atoms with Crippen LogP contribution in [0.1, 0.15) is 24.6 Å². The third kappa shape index (κ3) is 0.833. The minimum absolute atomic E-state index is 0.647. The Hall–Kier alpha value is -0.500. The standard InChI is InChI=1S/C7H9ClN2/c1-5-7(8)10(4-9-5)6-2-3-6/h4,6H,2-3H2,1H3. The van der Waals surface area contributed by atoms with Crippen LogP contribution < -0.4 is 0 Å². The van der Waals surface area contributed by atoms with Crippen molar-refractivity contribution in [2.75, 3.05) is 0 Å². The molecule has 0 spiro atoms. The minimum Gasteiger partial charge on any atom is -0.318 e. The number of rotatable bonds is 1. The van der Waals surface area contributed by atoms with Gasteiger partial charge < -0.3 is 4.57 Å². The summed E-state index contributed by atoms with van der Waals surface area (Å²) in [7, 11) is 0. The summed E-state index contributed by atoms with van der Waals surface area (Å²) < 4.78 is 2.05. The predicted octanol–water partition coefficient (Wildman–Crippen LogP) is 2.18. The number of imidazole rings is 1. The summed E-state index contributed by atoms with van der Waals surface area (Å²) in [6, 6.07) is 0.647. The Kier molecular flexibility index (Phi) is 1.24. The highest BCUT2D eigenvalue weighted by atomic mass is 35.5. The summed E-state index contributed by atoms with van der Waals surface area (Å²) in [5, 5.41) is 0.808. The Bertz CT molecular complexity index is 250. The van der Waals surface area contributed by atoms with Gasteiger partial charge in [-0.2, -0.15) is 0 Å². The maximum atomic E-state index is 5.94. The van der Waals surface area contributed by atoms with Gasteiger partial charge in [0.1, 0.15) is 5.15 Å². The maximum absolute atomic E-state index is 5.94. The second-order valence-corrected chi connectivity index (χ2v) is 3.12. The van der Waals surface area contributed by atoms with Crippen LogP contribution >= 0.6 is 11.6 Å². The Morgan fingerprint density at radius 1 is 1.70 bits per heavy atom. The molecule has 0 N–H and O–H groups in total. The maximum Gasteiger partial charge on any atom is 0.131 e. The van der Waals surface area contributed by atoms with Crippen molar-refractivity contribution in [1.29, 1.82) is 0 Å². The van der Waals surface area contributed by atoms with E-state index in [4.69, 9.17) is 11.6 Å². The smallest absolute Gasteiger partial charge is 0.131 e. The molecule has 3 heteroatoms. The van der Waals surface area contributed by atoms with Crippen molar-refractivity contribution in [2.24, 2.45) is 0 Å². The third-order valence-electron chi connectivity index (χ3n) is 1.84. The zero-order valence-electron chi connectivity index (χ0n) is 5.84. The van der Waals surface area contributed by atoms with Gasteiger partial charge in [0.05, 0.1) is 12.0 Å². The van der Waals surface area contributed by atoms with Crippen LogP contribution in [0.25, 0.3) is 0 Å². The zero-order chi connectivity index (χ0) is 7.14. The minimum atomic E-state index is 0.647. The van der Waals surface area contributed by atoms with E-state index in [1.807, 2.05) is 13.3 Å². The molecule has 0 amide bonds. The lowest BCUT2D eigenvalue weighted by Crippen LogP contribution is -1.89. The molecule has 1 fully saturated rings. The monoisotopic (exact) mass is 156 g/mol. The first-order chi connectivity index (χ1) is 4.79. The average molecular weight is 157 g/mol. The Labute approximate surface area is 64.8 Å². The van der Waals surface area contributed by atoms with Crippen LogP contribution in [0, 0.1) is 6.92 Å². The number of aryl methyl sites for hydroxylation is 1. The summed E-state index contributed by atoms with van der Waals surface area (Å²) in [4.78, 5) is 4.11. The Morgan fingerprint density at radius 2 is 2.40 bits per heavy atom. The fraction of sp³-hybridized carbons (Fsp3) is 0.571. The number of halogens is 1. The number of hydrogen-bond acceptors (Lipinski definition) is 1. The first kappa shape index (κ1) is 6.23. The van der Waals surface area contributed by atoms with Gasteiger partial charge >= 0.3 is 0 Å². The molecule has 2 nitrogen and oxygen atoms in total. The summed E-state index contributed by atoms with van der Waals surface area (Å²) in [6.45, 7) is 1.93. The van der Waals surface area contributed by atoms with Crippen molar-refractivity contribution < 1.29 is 0 Å². The molecule has 0 aromatic carbocycles. The van der Waals surface area contributed by atoms with Crippen molar-refractivity contribution in [1.82, 2.24) is 9.55 Å². The van der Waals surface area contributed by atoms with Gasteiger partial charge in [-0.05, 0) is 19.8 Å². The Morgan fingerprint density at radius 3 is 2.80 bits per heavy atom. The second kappa shape index (κ2) is 1.99. The molecule has 1 aliphatic rings. The fourth-order valence-corrected chi connectivity index (χ4v) is 1.28. The number of aromatic nitrogens is 2. The first-order valence-electron chi connectivity index (χ1n) is 3.48. The van der Waals surface area contributed by atoms with Gasteiger partial charge in [-0.15, -0.1) is 0 Å². The molecule has 0 saturated heterocycles. The molecular weight excluding hydrogens is 148 g/mol. The van der Waals surface area contributed by atoms with Crippen LogP contribution in [-0.2, 0) is 0 Å². The molecule has 0 radical (unpaired) electrons. The predicted molar refractivity (Wildman–Crippen MR) is 40.2 cm³/mol. The highest BCUT2D eigenvalue weighted by molar-refractivity contribution is 6.30. The molecule has 1 aromatic rings. The van der Waals surface area contributed by atoms with Crippen LogP contribution in [0.3, 0.4) is 0 Å². The van der Waals surface area contributed by atoms with E-state index in [2.05, 4.69) is 9.55 Å². The van der Waals surface area contributed by atoms with Gasteiger partial charge in [0, 0.05) is 6.04 Å². The van der Waals surface area contributed by atoms with Gasteiger partial charge in [-0.3, -0.25) is 0 Å². The molecule has 54 valence electrons. The van der Waals surface area contributed by atoms with Gasteiger partial charge in [-0.25, -0.2) is 4.98 Å². The topological polar surface area (TPSA) is 17.8 Å². The summed E-state index contributed by atoms with van der Waals surface area (Å²) in [5.41, 5.74) is 0.938. The van der Waals surface area contributed by atoms with E-state index in [0.717, 1.165) is 10.8 Å². The van der Waals surface area contributed by atoms with Gasteiger partial charge in [0.15, 0.2) is 0 Å². The Balaban J connectivity index is 2.40. The lowest BCUT2D eigenvalue weighted by atomic mass is 10.5. The molecule has 1 heterocycles. The van der Waals surface area contributed by atoms with E-state index in [0.29, 0.717) is 6.04 Å². The number of nitrogens with zero attached hydrogens (tertiary/aromatic N) is 2. The van der Waals surface area contributed by atoms with Gasteiger partial charge in [-0.1, -0.05) is 11.6 Å². The van der Waals surface area contributed by atoms with E-state index < -0.39 is 0 Å². The van der Waals surface area contributed by atoms with Gasteiger partial charge in [0.2, 0.25) is 0 Å². The average Bonchev–Trinajstić information content (AvgIpc) is 2.67. The molecule has 0 unspecified atom stereocenters. The van der Waals surface area contributed by atoms with E-state index in [1.54, 1.807) is 0 Å². The first-order valence-corrected chi connectivity index (χ1v) is 3.86. The van der Waals surface area contributed by atoms with Crippen molar-refractivity contribution >= 4 is 11.6 Å². The summed E-state index contributed by atoms with van der Waals surface area (Å²) in [6.07, 6.45) is 4.35. The largest absolute Gasteiger partial charge is 0.318 e. The van der Waals surface area contributed by atoms with E-state index in [9.17, 15) is 0 Å². The SMILES string of the molecule is Cc1ncn(C2CC2)c1Cl. The molecular formula is C7H9ClN2. The van der Waals surface area contributed by atoms with Crippen LogP contribution in [0.2, 0.25) is 5.15 Å². The molecule has 1 aliphatic carbocycles. The third-order valence-corrected chi connectivity index (χ3v) is 2.31. The lowest BCUT2D eigenvalue weighted by Gasteiger charge is -1.97. The molecule has 2 rings (SSSR count). The van der Waals surface area contributed by atoms with E-state index in [1.165, 1.54) is 12.8 Å². The molecule has 10 heavy (non-hydrogen) atoms. The normalized spacial score (nSPS) is 17.8. The van der Waals surface area contributed by atoms with Crippen LogP contribution in [0.5, 0.6) is 0 Å². The molecule has 1 aromatic heterocycles. The van der Waals surface area contributed by atoms with Crippen molar-refractivity contribution in [3.63, 3.8) is 0 Å². The molecule has 1 saturated carbocycles. The highest BCUT2D eigenvalue weighted by Crippen LogP contribution is 2.37. The summed E-state index contributed by atoms with van der Waals surface area (Å²) >= 11 is 5.94. The number of hydrogen-bond donors (Lipinski definition) is 0. The van der Waals surface area contributed by atoms with Crippen LogP contribution in [0.4, 0.5) is 0 Å². The van der Waals surface area contributed by atoms with Crippen LogP contribution in [-0.4, -0.2) is 9.55 Å². The second-order valence-electron chi connectivity index (χ2n) is 2.76. The van der Waals surface area contributed by atoms with Crippen LogP contribution in [0.15, 0.2) is 6.33 Å². The van der Waals surface area contributed by atoms with Gasteiger partial charge in [0.25, 0.3) is 0 Å². The molecule has 0 atom stereocenters. The van der Waals surface area contributed by atoms with Crippen molar-refractivity contribution in [2.45, 2.75) is 25.8 Å². The zero-order valence-corrected chi connectivity index (χ0v) is 6.60. The molecule has 0 aliphatic heterocycles. The fourth-order valence-electron chi connectivity index (χ4n) is 1.05. The summed E-state index contributed by atoms with van der Waals surface area (Å²) in [5.74, 6) is 0. The highest BCUT2D eigenvalue weighted by Gasteiger charge is 2.25. The molecule has 0 bridgehead atoms. The van der Waals surface area contributed by atoms with Crippen molar-refractivity contribution in [3.8, 4) is 0 Å². The quantitative estimate of drug-likeness (QED) is 0.610. The van der Waals surface area contributed by atoms with Crippen molar-refractivity contribution in [3.05, 3.63) is 17.2 Å². The lowest BCUT2D eigenvalue weighted by molar-refractivity contribution is 0.741. The van der Waals surface area contributed by atoms with E-state index in [-0.39, 0.29) is 0 Å².